The van der Waals surface area contributed by atoms with Crippen LogP contribution >= 0.6 is 11.8 Å². The van der Waals surface area contributed by atoms with Crippen LogP contribution < -0.4 is 0 Å². The summed E-state index contributed by atoms with van der Waals surface area (Å²) in [7, 11) is 0. The molecule has 1 unspecified atom stereocenters. The lowest BCUT2D eigenvalue weighted by molar-refractivity contribution is 0.627. The molecule has 3 aromatic rings. The Hall–Kier alpha value is -1.95. The second kappa shape index (κ2) is 4.97. The van der Waals surface area contributed by atoms with Crippen molar-refractivity contribution >= 4 is 22.8 Å². The van der Waals surface area contributed by atoms with Gasteiger partial charge in [0.05, 0.1) is 11.6 Å². The highest BCUT2D eigenvalue weighted by atomic mass is 32.2. The van der Waals surface area contributed by atoms with Gasteiger partial charge in [-0.1, -0.05) is 23.9 Å². The van der Waals surface area contributed by atoms with Crippen molar-refractivity contribution in [3.63, 3.8) is 0 Å². The van der Waals surface area contributed by atoms with Crippen molar-refractivity contribution in [2.75, 3.05) is 0 Å². The number of aromatic nitrogens is 4. The van der Waals surface area contributed by atoms with Gasteiger partial charge in [-0.15, -0.1) is 0 Å². The summed E-state index contributed by atoms with van der Waals surface area (Å²) in [5.41, 5.74) is 1.78. The van der Waals surface area contributed by atoms with Gasteiger partial charge in [-0.3, -0.25) is 5.10 Å². The number of hydrogen-bond donors (Lipinski definition) is 1. The zero-order valence-corrected chi connectivity index (χ0v) is 11.0. The zero-order valence-electron chi connectivity index (χ0n) is 10.2. The molecule has 2 heterocycles. The third kappa shape index (κ3) is 2.44. The van der Waals surface area contributed by atoms with Crippen molar-refractivity contribution in [2.45, 2.75) is 17.2 Å². The Morgan fingerprint density at radius 3 is 2.79 bits per heavy atom. The summed E-state index contributed by atoms with van der Waals surface area (Å²) >= 11 is 1.60. The van der Waals surface area contributed by atoms with E-state index in [1.807, 2.05) is 0 Å². The number of halogens is 1. The molecule has 0 saturated carbocycles. The fraction of sp³-hybridized carbons (Fsp3) is 0.154. The fourth-order valence-corrected chi connectivity index (χ4v) is 2.82. The molecule has 0 aliphatic heterocycles. The molecule has 0 radical (unpaired) electrons. The highest BCUT2D eigenvalue weighted by Crippen LogP contribution is 2.36. The van der Waals surface area contributed by atoms with Crippen molar-refractivity contribution < 1.29 is 4.39 Å². The van der Waals surface area contributed by atoms with Crippen LogP contribution in [0.2, 0.25) is 0 Å². The predicted molar refractivity (Wildman–Crippen MR) is 72.4 cm³/mol. The van der Waals surface area contributed by atoms with E-state index in [9.17, 15) is 4.39 Å². The van der Waals surface area contributed by atoms with Crippen molar-refractivity contribution in [1.29, 1.82) is 0 Å². The minimum Gasteiger partial charge on any atom is -0.261 e. The molecular formula is C13H11FN4S. The Labute approximate surface area is 113 Å². The van der Waals surface area contributed by atoms with Crippen molar-refractivity contribution in [3.05, 3.63) is 48.2 Å². The summed E-state index contributed by atoms with van der Waals surface area (Å²) in [6.45, 7) is 2.06. The number of fused-ring (bicyclic) bond motifs is 1. The van der Waals surface area contributed by atoms with Gasteiger partial charge in [0.1, 0.15) is 17.2 Å². The first-order valence-electron chi connectivity index (χ1n) is 5.80. The molecule has 0 bridgehead atoms. The maximum absolute atomic E-state index is 12.9. The minimum atomic E-state index is -0.222. The Morgan fingerprint density at radius 2 is 2.00 bits per heavy atom. The summed E-state index contributed by atoms with van der Waals surface area (Å²) in [4.78, 5) is 8.38. The van der Waals surface area contributed by atoms with E-state index in [0.717, 1.165) is 21.6 Å². The Morgan fingerprint density at radius 1 is 1.21 bits per heavy atom. The maximum atomic E-state index is 12.9. The molecule has 2 aromatic heterocycles. The van der Waals surface area contributed by atoms with Gasteiger partial charge in [0.2, 0.25) is 0 Å². The van der Waals surface area contributed by atoms with Crippen molar-refractivity contribution in [3.8, 4) is 0 Å². The number of thioether (sulfide) groups is 1. The van der Waals surface area contributed by atoms with E-state index in [1.54, 1.807) is 30.1 Å². The molecule has 1 atom stereocenters. The SMILES string of the molecule is CC(Sc1ncnc2[nH]ncc12)c1ccc(F)cc1. The van der Waals surface area contributed by atoms with Crippen molar-refractivity contribution in [2.24, 2.45) is 0 Å². The number of benzene rings is 1. The molecule has 4 nitrogen and oxygen atoms in total. The van der Waals surface area contributed by atoms with Gasteiger partial charge in [0, 0.05) is 5.25 Å². The van der Waals surface area contributed by atoms with E-state index in [4.69, 9.17) is 0 Å². The number of nitrogens with one attached hydrogen (secondary N) is 1. The van der Waals surface area contributed by atoms with Crippen LogP contribution in [0.3, 0.4) is 0 Å². The van der Waals surface area contributed by atoms with Gasteiger partial charge in [-0.25, -0.2) is 14.4 Å². The summed E-state index contributed by atoms with van der Waals surface area (Å²) in [5.74, 6) is -0.222. The summed E-state index contributed by atoms with van der Waals surface area (Å²) < 4.78 is 12.9. The monoisotopic (exact) mass is 274 g/mol. The Kier molecular flexibility index (Phi) is 3.16. The Balaban J connectivity index is 1.88. The van der Waals surface area contributed by atoms with Crippen LogP contribution in [0.15, 0.2) is 41.8 Å². The predicted octanol–water partition coefficient (Wildman–Crippen LogP) is 3.35. The zero-order chi connectivity index (χ0) is 13.2. The van der Waals surface area contributed by atoms with Gasteiger partial charge in [0.25, 0.3) is 0 Å². The summed E-state index contributed by atoms with van der Waals surface area (Å²) in [6.07, 6.45) is 3.23. The molecule has 96 valence electrons. The molecule has 0 aliphatic rings. The third-order valence-electron chi connectivity index (χ3n) is 2.84. The fourth-order valence-electron chi connectivity index (χ4n) is 1.81. The molecule has 0 saturated heterocycles. The highest BCUT2D eigenvalue weighted by Gasteiger charge is 2.12. The molecule has 6 heteroatoms. The second-order valence-electron chi connectivity index (χ2n) is 4.12. The van der Waals surface area contributed by atoms with Gasteiger partial charge in [0.15, 0.2) is 5.65 Å². The number of aromatic amines is 1. The summed E-state index contributed by atoms with van der Waals surface area (Å²) in [6, 6.07) is 6.53. The number of hydrogen-bond acceptors (Lipinski definition) is 4. The minimum absolute atomic E-state index is 0.175. The van der Waals surface area contributed by atoms with Gasteiger partial charge < -0.3 is 0 Å². The third-order valence-corrected chi connectivity index (χ3v) is 4.01. The average molecular weight is 274 g/mol. The lowest BCUT2D eigenvalue weighted by Crippen LogP contribution is -1.91. The van der Waals surface area contributed by atoms with E-state index in [1.165, 1.54) is 18.5 Å². The molecule has 19 heavy (non-hydrogen) atoms. The average Bonchev–Trinajstić information content (AvgIpc) is 2.89. The smallest absolute Gasteiger partial charge is 0.159 e. The lowest BCUT2D eigenvalue weighted by Gasteiger charge is -2.11. The second-order valence-corrected chi connectivity index (χ2v) is 5.45. The van der Waals surface area contributed by atoms with Crippen LogP contribution in [0.25, 0.3) is 11.0 Å². The van der Waals surface area contributed by atoms with Gasteiger partial charge in [-0.2, -0.15) is 5.10 Å². The van der Waals surface area contributed by atoms with E-state index < -0.39 is 0 Å². The first-order chi connectivity index (χ1) is 9.24. The molecule has 0 aliphatic carbocycles. The number of nitrogens with zero attached hydrogens (tertiary/aromatic N) is 3. The van der Waals surface area contributed by atoms with E-state index in [-0.39, 0.29) is 11.1 Å². The normalized spacial score (nSPS) is 12.7. The van der Waals surface area contributed by atoms with Crippen LogP contribution in [0, 0.1) is 5.82 Å². The molecule has 0 fully saturated rings. The molecule has 3 rings (SSSR count). The Bertz CT molecular complexity index is 695. The van der Waals surface area contributed by atoms with E-state index >= 15 is 0 Å². The highest BCUT2D eigenvalue weighted by molar-refractivity contribution is 7.99. The number of rotatable bonds is 3. The molecule has 0 amide bonds. The van der Waals surface area contributed by atoms with Crippen LogP contribution in [-0.4, -0.2) is 20.2 Å². The molecular weight excluding hydrogens is 263 g/mol. The van der Waals surface area contributed by atoms with E-state index in [2.05, 4.69) is 27.1 Å². The van der Waals surface area contributed by atoms with Crippen LogP contribution in [-0.2, 0) is 0 Å². The molecule has 0 spiro atoms. The largest absolute Gasteiger partial charge is 0.261 e. The standard InChI is InChI=1S/C13H11FN4S/c1-8(9-2-4-10(14)5-3-9)19-13-11-6-17-18-12(11)15-7-16-13/h2-8H,1H3,(H,15,16,17,18). The summed E-state index contributed by atoms with van der Waals surface area (Å²) in [5, 5.41) is 8.73. The first-order valence-corrected chi connectivity index (χ1v) is 6.68. The van der Waals surface area contributed by atoms with Gasteiger partial charge >= 0.3 is 0 Å². The van der Waals surface area contributed by atoms with Crippen molar-refractivity contribution in [1.82, 2.24) is 20.2 Å². The topological polar surface area (TPSA) is 54.5 Å². The first kappa shape index (κ1) is 12.1. The van der Waals surface area contributed by atoms with Crippen LogP contribution in [0.1, 0.15) is 17.7 Å². The van der Waals surface area contributed by atoms with E-state index in [0.29, 0.717) is 0 Å². The van der Waals surface area contributed by atoms with Gasteiger partial charge in [-0.05, 0) is 24.6 Å². The molecule has 1 N–H and O–H groups in total. The van der Waals surface area contributed by atoms with Crippen LogP contribution in [0.5, 0.6) is 0 Å². The quantitative estimate of drug-likeness (QED) is 0.588. The number of H-pyrrole nitrogens is 1. The maximum Gasteiger partial charge on any atom is 0.159 e. The lowest BCUT2D eigenvalue weighted by atomic mass is 10.2. The molecule has 1 aromatic carbocycles. The van der Waals surface area contributed by atoms with Crippen LogP contribution in [0.4, 0.5) is 4.39 Å².